The van der Waals surface area contributed by atoms with Crippen LogP contribution in [0.4, 0.5) is 15.9 Å². The molecule has 16 heteroatoms. The van der Waals surface area contributed by atoms with Crippen molar-refractivity contribution in [1.29, 1.82) is 0 Å². The third-order valence-corrected chi connectivity index (χ3v) is 8.76. The zero-order valence-corrected chi connectivity index (χ0v) is 27.4. The molecule has 0 bridgehead atoms. The number of halogens is 2. The highest BCUT2D eigenvalue weighted by Crippen LogP contribution is 2.33. The number of nitrogens with zero attached hydrogens (tertiary/aromatic N) is 5. The highest BCUT2D eigenvalue weighted by Gasteiger charge is 2.30. The van der Waals surface area contributed by atoms with E-state index in [1.165, 1.54) is 12.0 Å². The van der Waals surface area contributed by atoms with Crippen molar-refractivity contribution < 1.29 is 33.4 Å². The van der Waals surface area contributed by atoms with Crippen LogP contribution in [0.2, 0.25) is 0 Å². The molecule has 0 saturated carbocycles. The lowest BCUT2D eigenvalue weighted by Gasteiger charge is -2.36. The first-order chi connectivity index (χ1) is 22.6. The third kappa shape index (κ3) is 7.43. The van der Waals surface area contributed by atoms with Gasteiger partial charge in [0.25, 0.3) is 5.91 Å². The highest BCUT2D eigenvalue weighted by atomic mass is 127. The molecule has 5 rings (SSSR count). The van der Waals surface area contributed by atoms with Crippen molar-refractivity contribution in [2.45, 2.75) is 18.9 Å². The molecule has 2 aromatic carbocycles. The molecule has 1 unspecified atom stereocenters. The van der Waals surface area contributed by atoms with Gasteiger partial charge in [-0.15, -0.1) is 0 Å². The first kappa shape index (κ1) is 33.5. The van der Waals surface area contributed by atoms with Gasteiger partial charge in [-0.3, -0.25) is 23.6 Å². The summed E-state index contributed by atoms with van der Waals surface area (Å²) in [6.45, 7) is 0.682. The van der Waals surface area contributed by atoms with E-state index in [1.807, 2.05) is 27.0 Å². The zero-order valence-electron chi connectivity index (χ0n) is 25.3. The topological polar surface area (TPSA) is 184 Å². The Bertz CT molecular complexity index is 1810. The molecule has 0 spiro atoms. The molecule has 1 aliphatic heterocycles. The number of piperazine rings is 1. The number of nitrogens with two attached hydrogens (primary N) is 1. The maximum absolute atomic E-state index is 14.7. The number of hydrogen-bond acceptors (Lipinski definition) is 9. The van der Waals surface area contributed by atoms with Gasteiger partial charge >= 0.3 is 5.97 Å². The first-order valence-electron chi connectivity index (χ1n) is 14.6. The van der Waals surface area contributed by atoms with Crippen molar-refractivity contribution in [1.82, 2.24) is 29.5 Å². The summed E-state index contributed by atoms with van der Waals surface area (Å²) in [6.07, 6.45) is 4.64. The van der Waals surface area contributed by atoms with Crippen molar-refractivity contribution >= 4 is 63.4 Å². The number of aromatic nitrogens is 3. The Morgan fingerprint density at radius 1 is 1.06 bits per heavy atom. The average molecular weight is 759 g/mol. The van der Waals surface area contributed by atoms with Gasteiger partial charge < -0.3 is 36.0 Å². The number of ether oxygens (including phenoxy) is 1. The van der Waals surface area contributed by atoms with Crippen LogP contribution in [0.5, 0.6) is 5.75 Å². The molecular formula is C31H32FIN8O6. The smallest absolute Gasteiger partial charge is 0.303 e. The fourth-order valence-corrected chi connectivity index (χ4v) is 5.96. The third-order valence-electron chi connectivity index (χ3n) is 7.71. The van der Waals surface area contributed by atoms with E-state index in [0.29, 0.717) is 37.5 Å². The van der Waals surface area contributed by atoms with Gasteiger partial charge in [0, 0.05) is 61.8 Å². The predicted octanol–water partition coefficient (Wildman–Crippen LogP) is 2.48. The second-order valence-corrected chi connectivity index (χ2v) is 11.7. The summed E-state index contributed by atoms with van der Waals surface area (Å²) >= 11 is 1.94. The van der Waals surface area contributed by atoms with Gasteiger partial charge in [-0.2, -0.15) is 0 Å². The molecule has 14 nitrogen and oxygen atoms in total. The Balaban J connectivity index is 1.23. The minimum Gasteiger partial charge on any atom is -0.494 e. The SMILES string of the molecule is COc1ccc(-c2cnc3c(Nc4ccc(C(=O)N5CCN(C(=O)C(CCC(=O)O)NC(=O)CN)CC5)cc4)nccn23)c(I)c1F. The number of carbonyl (C=O) groups excluding carboxylic acids is 3. The number of carbonyl (C=O) groups is 4. The monoisotopic (exact) mass is 758 g/mol. The summed E-state index contributed by atoms with van der Waals surface area (Å²) in [5, 5.41) is 14.7. The van der Waals surface area contributed by atoms with Gasteiger partial charge in [0.05, 0.1) is 29.1 Å². The van der Waals surface area contributed by atoms with E-state index < -0.39 is 29.6 Å². The van der Waals surface area contributed by atoms with Gasteiger partial charge in [-0.05, 0) is 65.4 Å². The van der Waals surface area contributed by atoms with E-state index in [2.05, 4.69) is 20.6 Å². The lowest BCUT2D eigenvalue weighted by Crippen LogP contribution is -2.56. The molecule has 47 heavy (non-hydrogen) atoms. The van der Waals surface area contributed by atoms with Crippen LogP contribution >= 0.6 is 22.6 Å². The zero-order chi connectivity index (χ0) is 33.7. The number of carboxylic acid groups (broad SMARTS) is 1. The summed E-state index contributed by atoms with van der Waals surface area (Å²) in [7, 11) is 1.42. The maximum Gasteiger partial charge on any atom is 0.303 e. The van der Waals surface area contributed by atoms with Crippen molar-refractivity contribution in [3.05, 3.63) is 69.9 Å². The summed E-state index contributed by atoms with van der Waals surface area (Å²) < 4.78 is 22.0. The standard InChI is InChI=1S/C31H32FIN8O6/c1-47-23-8-6-20(27(33)26(23)32)22-17-36-29-28(35-10-11-41(22)29)37-19-4-2-18(3-5-19)30(45)39-12-14-40(15-13-39)31(46)21(7-9-25(43)44)38-24(42)16-34/h2-6,8,10-11,17,21H,7,9,12-16,34H2,1H3,(H,35,37)(H,38,42)(H,43,44). The minimum absolute atomic E-state index is 0.0623. The molecule has 0 aliphatic carbocycles. The molecule has 1 atom stereocenters. The Morgan fingerprint density at radius 3 is 2.43 bits per heavy atom. The van der Waals surface area contributed by atoms with Gasteiger partial charge in [0.15, 0.2) is 23.0 Å². The second kappa shape index (κ2) is 14.7. The molecule has 3 heterocycles. The quantitative estimate of drug-likeness (QED) is 0.166. The summed E-state index contributed by atoms with van der Waals surface area (Å²) in [5.41, 5.74) is 8.32. The van der Waals surface area contributed by atoms with Gasteiger partial charge in [0.2, 0.25) is 11.8 Å². The van der Waals surface area contributed by atoms with Crippen LogP contribution in [0.1, 0.15) is 23.2 Å². The van der Waals surface area contributed by atoms with Crippen LogP contribution in [0.15, 0.2) is 55.0 Å². The first-order valence-corrected chi connectivity index (χ1v) is 15.7. The fourth-order valence-electron chi connectivity index (χ4n) is 5.24. The number of benzene rings is 2. The van der Waals surface area contributed by atoms with Crippen molar-refractivity contribution in [3.8, 4) is 17.0 Å². The molecule has 3 amide bonds. The maximum atomic E-state index is 14.7. The van der Waals surface area contributed by atoms with E-state index in [-0.39, 0.29) is 57.2 Å². The number of imidazole rings is 1. The molecule has 246 valence electrons. The van der Waals surface area contributed by atoms with Crippen LogP contribution in [0.25, 0.3) is 16.9 Å². The fraction of sp³-hybridized carbons (Fsp3) is 0.290. The lowest BCUT2D eigenvalue weighted by molar-refractivity contribution is -0.140. The molecule has 1 saturated heterocycles. The number of hydrogen-bond donors (Lipinski definition) is 4. The molecule has 2 aromatic heterocycles. The van der Waals surface area contributed by atoms with E-state index in [1.54, 1.807) is 59.9 Å². The summed E-state index contributed by atoms with van der Waals surface area (Å²) in [6, 6.07) is 9.20. The van der Waals surface area contributed by atoms with Gasteiger partial charge in [-0.25, -0.2) is 14.4 Å². The Morgan fingerprint density at radius 2 is 1.77 bits per heavy atom. The number of methoxy groups -OCH3 is 1. The predicted molar refractivity (Wildman–Crippen MR) is 178 cm³/mol. The van der Waals surface area contributed by atoms with Crippen LogP contribution in [0, 0.1) is 9.39 Å². The number of amides is 3. The average Bonchev–Trinajstić information content (AvgIpc) is 3.52. The number of aliphatic carboxylic acids is 1. The van der Waals surface area contributed by atoms with Crippen molar-refractivity contribution in [3.63, 3.8) is 0 Å². The molecule has 4 aromatic rings. The largest absolute Gasteiger partial charge is 0.494 e. The van der Waals surface area contributed by atoms with Crippen LogP contribution < -0.4 is 21.1 Å². The van der Waals surface area contributed by atoms with Gasteiger partial charge in [-0.1, -0.05) is 0 Å². The van der Waals surface area contributed by atoms with Crippen LogP contribution in [-0.2, 0) is 14.4 Å². The summed E-state index contributed by atoms with van der Waals surface area (Å²) in [5.74, 6) is -2.08. The van der Waals surface area contributed by atoms with Crippen LogP contribution in [-0.4, -0.2) is 98.8 Å². The van der Waals surface area contributed by atoms with Gasteiger partial charge in [0.1, 0.15) is 6.04 Å². The van der Waals surface area contributed by atoms with E-state index in [0.717, 1.165) is 0 Å². The normalized spacial score (nSPS) is 13.7. The Labute approximate surface area is 282 Å². The highest BCUT2D eigenvalue weighted by molar-refractivity contribution is 14.1. The number of fused-ring (bicyclic) bond motifs is 1. The van der Waals surface area contributed by atoms with E-state index >= 15 is 0 Å². The van der Waals surface area contributed by atoms with E-state index in [9.17, 15) is 23.6 Å². The minimum atomic E-state index is -1.08. The molecular weight excluding hydrogens is 726 g/mol. The number of rotatable bonds is 11. The summed E-state index contributed by atoms with van der Waals surface area (Å²) in [4.78, 5) is 61.2. The number of nitrogens with one attached hydrogen (secondary N) is 2. The second-order valence-electron chi connectivity index (χ2n) is 10.6. The molecule has 1 fully saturated rings. The molecule has 1 aliphatic rings. The molecule has 5 N–H and O–H groups in total. The molecule has 0 radical (unpaired) electrons. The Hall–Kier alpha value is -4.84. The van der Waals surface area contributed by atoms with Crippen molar-refractivity contribution in [2.75, 3.05) is 45.2 Å². The van der Waals surface area contributed by atoms with E-state index in [4.69, 9.17) is 15.6 Å². The van der Waals surface area contributed by atoms with Crippen LogP contribution in [0.3, 0.4) is 0 Å². The number of anilines is 2. The lowest BCUT2D eigenvalue weighted by atomic mass is 10.1. The number of carboxylic acids is 1. The van der Waals surface area contributed by atoms with Crippen molar-refractivity contribution in [2.24, 2.45) is 5.73 Å². The Kier molecular flexibility index (Phi) is 10.5.